The summed E-state index contributed by atoms with van der Waals surface area (Å²) in [6.07, 6.45) is 2.99. The van der Waals surface area contributed by atoms with Gasteiger partial charge in [0.05, 0.1) is 11.4 Å². The van der Waals surface area contributed by atoms with Crippen LogP contribution in [0.3, 0.4) is 0 Å². The monoisotopic (exact) mass is 501 g/mol. The van der Waals surface area contributed by atoms with Crippen molar-refractivity contribution in [1.82, 2.24) is 15.1 Å². The van der Waals surface area contributed by atoms with Gasteiger partial charge in [-0.25, -0.2) is 4.79 Å². The Hall–Kier alpha value is -2.58. The maximum atomic E-state index is 13.7. The van der Waals surface area contributed by atoms with E-state index >= 15 is 0 Å². The molecule has 2 amide bonds. The van der Waals surface area contributed by atoms with E-state index in [0.717, 1.165) is 5.56 Å². The smallest absolute Gasteiger partial charge is 0.331 e. The standard InChI is InChI=1S/C27H39N3O4S/c1-10-19(16-17(2)25(33)34)29(8)23(32)20(26(3,4)5)28-22(31)21-27(6,7)35-24(30(21)9)18-14-12-11-13-15-18/h10-16,19-21,24H,1H2,2-9H3,(H,28,31)(H,33,34)/b17-16+/t19-,20+,21+,24+/m0/s1. The van der Waals surface area contributed by atoms with E-state index in [2.05, 4.69) is 42.8 Å². The van der Waals surface area contributed by atoms with E-state index in [1.54, 1.807) is 18.8 Å². The predicted molar refractivity (Wildman–Crippen MR) is 142 cm³/mol. The molecule has 1 aliphatic rings. The van der Waals surface area contributed by atoms with Crippen molar-refractivity contribution in [2.24, 2.45) is 5.41 Å². The lowest BCUT2D eigenvalue weighted by Gasteiger charge is -2.37. The van der Waals surface area contributed by atoms with E-state index in [1.165, 1.54) is 24.0 Å². The molecule has 192 valence electrons. The van der Waals surface area contributed by atoms with E-state index in [-0.39, 0.29) is 27.5 Å². The van der Waals surface area contributed by atoms with Crippen LogP contribution < -0.4 is 5.32 Å². The van der Waals surface area contributed by atoms with Gasteiger partial charge in [-0.05, 0) is 44.9 Å². The van der Waals surface area contributed by atoms with Gasteiger partial charge in [0, 0.05) is 17.4 Å². The first-order valence-electron chi connectivity index (χ1n) is 11.7. The number of amides is 2. The van der Waals surface area contributed by atoms with Crippen LogP contribution in [0, 0.1) is 5.41 Å². The fraction of sp³-hybridized carbons (Fsp3) is 0.519. The fourth-order valence-electron chi connectivity index (χ4n) is 4.37. The van der Waals surface area contributed by atoms with Gasteiger partial charge in [-0.3, -0.25) is 14.5 Å². The summed E-state index contributed by atoms with van der Waals surface area (Å²) in [5, 5.41) is 12.3. The Morgan fingerprint density at radius 2 is 1.80 bits per heavy atom. The molecule has 0 bridgehead atoms. The summed E-state index contributed by atoms with van der Waals surface area (Å²) in [5.41, 5.74) is 0.663. The largest absolute Gasteiger partial charge is 0.478 e. The molecule has 4 atom stereocenters. The van der Waals surface area contributed by atoms with Crippen LogP contribution in [0.4, 0.5) is 0 Å². The van der Waals surface area contributed by atoms with Crippen LogP contribution in [-0.2, 0) is 14.4 Å². The Bertz CT molecular complexity index is 984. The minimum Gasteiger partial charge on any atom is -0.478 e. The van der Waals surface area contributed by atoms with Gasteiger partial charge < -0.3 is 15.3 Å². The van der Waals surface area contributed by atoms with Crippen molar-refractivity contribution >= 4 is 29.5 Å². The molecule has 0 saturated carbocycles. The summed E-state index contributed by atoms with van der Waals surface area (Å²) < 4.78 is -0.387. The number of aliphatic carboxylic acids is 1. The molecular formula is C27H39N3O4S. The highest BCUT2D eigenvalue weighted by Gasteiger charge is 2.51. The Morgan fingerprint density at radius 3 is 2.29 bits per heavy atom. The lowest BCUT2D eigenvalue weighted by Crippen LogP contribution is -2.60. The minimum atomic E-state index is -1.06. The van der Waals surface area contributed by atoms with Crippen LogP contribution in [0.2, 0.25) is 0 Å². The first-order valence-corrected chi connectivity index (χ1v) is 12.6. The Labute approximate surface area is 213 Å². The SMILES string of the molecule is C=C[C@@H](/C=C(\C)C(=O)O)N(C)C(=O)[C@@H](NC(=O)[C@H]1N(C)[C@@H](c2ccccc2)SC1(C)C)C(C)(C)C. The van der Waals surface area contributed by atoms with Crippen LogP contribution >= 0.6 is 11.8 Å². The van der Waals surface area contributed by atoms with E-state index < -0.39 is 29.5 Å². The highest BCUT2D eigenvalue weighted by molar-refractivity contribution is 8.01. The number of nitrogens with zero attached hydrogens (tertiary/aromatic N) is 2. The summed E-state index contributed by atoms with van der Waals surface area (Å²) >= 11 is 1.73. The van der Waals surface area contributed by atoms with Gasteiger partial charge in [-0.15, -0.1) is 18.3 Å². The molecule has 1 aromatic rings. The maximum absolute atomic E-state index is 13.7. The lowest BCUT2D eigenvalue weighted by molar-refractivity contribution is -0.140. The molecule has 0 spiro atoms. The number of rotatable bonds is 8. The molecule has 7 nitrogen and oxygen atoms in total. The topological polar surface area (TPSA) is 90.0 Å². The van der Waals surface area contributed by atoms with Crippen molar-refractivity contribution in [3.05, 3.63) is 60.2 Å². The molecule has 2 N–H and O–H groups in total. The zero-order valence-corrected chi connectivity index (χ0v) is 22.8. The molecule has 1 saturated heterocycles. The Kier molecular flexibility index (Phi) is 9.00. The summed E-state index contributed by atoms with van der Waals surface area (Å²) in [5.74, 6) is -1.58. The second-order valence-electron chi connectivity index (χ2n) is 10.7. The third kappa shape index (κ3) is 6.55. The van der Waals surface area contributed by atoms with E-state index in [1.807, 2.05) is 46.0 Å². The average Bonchev–Trinajstić information content (AvgIpc) is 3.02. The van der Waals surface area contributed by atoms with Crippen LogP contribution in [0.15, 0.2) is 54.6 Å². The van der Waals surface area contributed by atoms with Gasteiger partial charge >= 0.3 is 5.97 Å². The van der Waals surface area contributed by atoms with Crippen molar-refractivity contribution in [1.29, 1.82) is 0 Å². The molecule has 0 unspecified atom stereocenters. The number of likely N-dealkylation sites (N-methyl/N-ethyl adjacent to an activating group) is 2. The van der Waals surface area contributed by atoms with Crippen molar-refractivity contribution in [2.45, 2.75) is 69.8 Å². The number of hydrogen-bond acceptors (Lipinski definition) is 5. The number of carbonyl (C=O) groups is 3. The molecular weight excluding hydrogens is 462 g/mol. The summed E-state index contributed by atoms with van der Waals surface area (Å²) in [6.45, 7) is 15.0. The first-order chi connectivity index (χ1) is 16.1. The third-order valence-corrected chi connectivity index (χ3v) is 8.04. The van der Waals surface area contributed by atoms with Crippen LogP contribution in [-0.4, -0.2) is 69.7 Å². The number of thioether (sulfide) groups is 1. The highest BCUT2D eigenvalue weighted by atomic mass is 32.2. The van der Waals surface area contributed by atoms with Crippen molar-refractivity contribution in [2.75, 3.05) is 14.1 Å². The maximum Gasteiger partial charge on any atom is 0.331 e. The summed E-state index contributed by atoms with van der Waals surface area (Å²) in [7, 11) is 3.54. The quantitative estimate of drug-likeness (QED) is 0.412. The molecule has 1 fully saturated rings. The second kappa shape index (κ2) is 11.0. The summed E-state index contributed by atoms with van der Waals surface area (Å²) in [4.78, 5) is 42.1. The highest BCUT2D eigenvalue weighted by Crippen LogP contribution is 2.51. The number of nitrogens with one attached hydrogen (secondary N) is 1. The van der Waals surface area contributed by atoms with Gasteiger partial charge in [0.15, 0.2) is 0 Å². The average molecular weight is 502 g/mol. The van der Waals surface area contributed by atoms with Crippen LogP contribution in [0.25, 0.3) is 0 Å². The third-order valence-electron chi connectivity index (χ3n) is 6.38. The number of carbonyl (C=O) groups excluding carboxylic acids is 2. The molecule has 0 radical (unpaired) electrons. The van der Waals surface area contributed by atoms with E-state index in [9.17, 15) is 19.5 Å². The van der Waals surface area contributed by atoms with Crippen molar-refractivity contribution < 1.29 is 19.5 Å². The molecule has 1 heterocycles. The Morgan fingerprint density at radius 1 is 1.23 bits per heavy atom. The number of hydrogen-bond donors (Lipinski definition) is 2. The first kappa shape index (κ1) is 28.7. The van der Waals surface area contributed by atoms with Crippen LogP contribution in [0.1, 0.15) is 52.5 Å². The van der Waals surface area contributed by atoms with Gasteiger partial charge in [0.25, 0.3) is 0 Å². The zero-order chi connectivity index (χ0) is 26.7. The van der Waals surface area contributed by atoms with Crippen LogP contribution in [0.5, 0.6) is 0 Å². The van der Waals surface area contributed by atoms with Gasteiger partial charge in [-0.2, -0.15) is 0 Å². The van der Waals surface area contributed by atoms with E-state index in [4.69, 9.17) is 0 Å². The fourth-order valence-corrected chi connectivity index (χ4v) is 5.93. The lowest BCUT2D eigenvalue weighted by atomic mass is 9.85. The van der Waals surface area contributed by atoms with Crippen molar-refractivity contribution in [3.8, 4) is 0 Å². The predicted octanol–water partition coefficient (Wildman–Crippen LogP) is 4.09. The molecule has 0 aliphatic carbocycles. The molecule has 2 rings (SSSR count). The van der Waals surface area contributed by atoms with Gasteiger partial charge in [0.1, 0.15) is 12.1 Å². The zero-order valence-electron chi connectivity index (χ0n) is 22.0. The molecule has 35 heavy (non-hydrogen) atoms. The van der Waals surface area contributed by atoms with Crippen molar-refractivity contribution in [3.63, 3.8) is 0 Å². The molecule has 8 heteroatoms. The molecule has 0 aromatic heterocycles. The second-order valence-corrected chi connectivity index (χ2v) is 12.4. The van der Waals surface area contributed by atoms with Gasteiger partial charge in [0.2, 0.25) is 11.8 Å². The number of benzene rings is 1. The normalized spacial score (nSPS) is 22.2. The number of carboxylic acids is 1. The summed E-state index contributed by atoms with van der Waals surface area (Å²) in [6, 6.07) is 8.18. The molecule has 1 aromatic carbocycles. The van der Waals surface area contributed by atoms with Gasteiger partial charge in [-0.1, -0.05) is 57.2 Å². The molecule has 1 aliphatic heterocycles. The van der Waals surface area contributed by atoms with E-state index in [0.29, 0.717) is 0 Å². The number of carboxylic acid groups (broad SMARTS) is 1. The Balaban J connectivity index is 2.31. The minimum absolute atomic E-state index is 0.0164.